The summed E-state index contributed by atoms with van der Waals surface area (Å²) in [5.41, 5.74) is 2.59. The zero-order chi connectivity index (χ0) is 19.0. The minimum Gasteiger partial charge on any atom is -0.371 e. The quantitative estimate of drug-likeness (QED) is 0.821. The number of carbonyl (C=O) groups is 1. The van der Waals surface area contributed by atoms with Crippen LogP contribution in [0.5, 0.6) is 0 Å². The van der Waals surface area contributed by atoms with Gasteiger partial charge in [0.2, 0.25) is 0 Å². The van der Waals surface area contributed by atoms with E-state index < -0.39 is 0 Å². The zero-order valence-electron chi connectivity index (χ0n) is 16.1. The van der Waals surface area contributed by atoms with Crippen LogP contribution in [-0.2, 0) is 11.3 Å². The number of amides is 1. The second-order valence-corrected chi connectivity index (χ2v) is 8.49. The Morgan fingerprint density at radius 2 is 2.19 bits per heavy atom. The van der Waals surface area contributed by atoms with E-state index in [1.54, 1.807) is 0 Å². The largest absolute Gasteiger partial charge is 0.371 e. The number of nitrogens with zero attached hydrogens (tertiary/aromatic N) is 4. The summed E-state index contributed by atoms with van der Waals surface area (Å²) < 4.78 is 7.98. The number of nitrogens with one attached hydrogen (secondary N) is 1. The lowest BCUT2D eigenvalue weighted by atomic mass is 10.1. The van der Waals surface area contributed by atoms with Crippen molar-refractivity contribution < 1.29 is 9.53 Å². The molecule has 3 heterocycles. The maximum atomic E-state index is 12.4. The number of thiazole rings is 1. The van der Waals surface area contributed by atoms with Crippen molar-refractivity contribution in [3.63, 3.8) is 0 Å². The Bertz CT molecular complexity index is 813. The third-order valence-corrected chi connectivity index (χ3v) is 6.04. The number of aromatic nitrogens is 3. The molecule has 0 bridgehead atoms. The first-order chi connectivity index (χ1) is 13.0. The van der Waals surface area contributed by atoms with E-state index in [4.69, 9.17) is 4.74 Å². The van der Waals surface area contributed by atoms with Gasteiger partial charge in [0.15, 0.2) is 5.13 Å². The van der Waals surface area contributed by atoms with Crippen LogP contribution < -0.4 is 10.2 Å². The second kappa shape index (κ2) is 7.59. The van der Waals surface area contributed by atoms with Crippen molar-refractivity contribution in [2.24, 2.45) is 5.92 Å². The third-order valence-electron chi connectivity index (χ3n) is 5.14. The molecule has 2 aromatic rings. The van der Waals surface area contributed by atoms with Gasteiger partial charge in [-0.15, -0.1) is 11.3 Å². The molecule has 2 fully saturated rings. The highest BCUT2D eigenvalue weighted by Gasteiger charge is 2.38. The molecule has 0 aromatic carbocycles. The lowest BCUT2D eigenvalue weighted by Crippen LogP contribution is -2.47. The van der Waals surface area contributed by atoms with Crippen molar-refractivity contribution in [1.82, 2.24) is 20.1 Å². The van der Waals surface area contributed by atoms with Gasteiger partial charge in [-0.05, 0) is 45.6 Å². The van der Waals surface area contributed by atoms with Gasteiger partial charge in [0.05, 0.1) is 24.4 Å². The van der Waals surface area contributed by atoms with Crippen molar-refractivity contribution in [1.29, 1.82) is 0 Å². The molecule has 27 heavy (non-hydrogen) atoms. The lowest BCUT2D eigenvalue weighted by Gasteiger charge is -2.36. The van der Waals surface area contributed by atoms with Crippen molar-refractivity contribution >= 4 is 22.4 Å². The van der Waals surface area contributed by atoms with Crippen molar-refractivity contribution in [3.8, 4) is 0 Å². The van der Waals surface area contributed by atoms with Crippen LogP contribution in [0.15, 0.2) is 11.4 Å². The first-order valence-electron chi connectivity index (χ1n) is 9.65. The molecule has 1 aliphatic carbocycles. The van der Waals surface area contributed by atoms with E-state index in [0.29, 0.717) is 30.8 Å². The number of aryl methyl sites for hydroxylation is 2. The van der Waals surface area contributed by atoms with Gasteiger partial charge in [-0.1, -0.05) is 0 Å². The Balaban J connectivity index is 1.32. The van der Waals surface area contributed by atoms with Crippen LogP contribution in [0.1, 0.15) is 41.6 Å². The van der Waals surface area contributed by atoms with E-state index in [1.165, 1.54) is 24.2 Å². The topological polar surface area (TPSA) is 72.3 Å². The van der Waals surface area contributed by atoms with Crippen molar-refractivity contribution in [2.75, 3.05) is 24.5 Å². The molecule has 1 aliphatic heterocycles. The summed E-state index contributed by atoms with van der Waals surface area (Å²) in [5, 5.41) is 10.1. The van der Waals surface area contributed by atoms with Crippen LogP contribution >= 0.6 is 11.3 Å². The normalized spacial score (nSPS) is 22.9. The standard InChI is InChI=1S/C19H27N5O2S/c1-12-8-13(2)24(22-12)7-6-20-18(25)16-11-27-19(21-16)23-9-14(3)26-17(10-23)15-4-5-15/h8,11,14-15,17H,4-7,9-10H2,1-3H3,(H,20,25). The molecule has 2 atom stereocenters. The van der Waals surface area contributed by atoms with Crippen LogP contribution in [0.2, 0.25) is 0 Å². The van der Waals surface area contributed by atoms with E-state index in [1.807, 2.05) is 30.0 Å². The summed E-state index contributed by atoms with van der Waals surface area (Å²) in [6, 6.07) is 2.03. The zero-order valence-corrected chi connectivity index (χ0v) is 17.0. The van der Waals surface area contributed by atoms with Crippen LogP contribution in [0.4, 0.5) is 5.13 Å². The number of hydrogen-bond donors (Lipinski definition) is 1. The highest BCUT2D eigenvalue weighted by molar-refractivity contribution is 7.13. The maximum Gasteiger partial charge on any atom is 0.270 e. The molecule has 8 heteroatoms. The molecule has 1 saturated carbocycles. The van der Waals surface area contributed by atoms with Crippen LogP contribution in [0.3, 0.4) is 0 Å². The summed E-state index contributed by atoms with van der Waals surface area (Å²) >= 11 is 1.54. The Kier molecular flexibility index (Phi) is 5.19. The Morgan fingerprint density at radius 3 is 2.89 bits per heavy atom. The fourth-order valence-corrected chi connectivity index (χ4v) is 4.48. The number of hydrogen-bond acceptors (Lipinski definition) is 6. The van der Waals surface area contributed by atoms with Crippen molar-refractivity contribution in [2.45, 2.75) is 52.4 Å². The Morgan fingerprint density at radius 1 is 1.37 bits per heavy atom. The molecule has 4 rings (SSSR count). The molecule has 7 nitrogen and oxygen atoms in total. The number of carbonyl (C=O) groups excluding carboxylic acids is 1. The van der Waals surface area contributed by atoms with E-state index >= 15 is 0 Å². The molecular formula is C19H27N5O2S. The van der Waals surface area contributed by atoms with Gasteiger partial charge in [0, 0.05) is 30.7 Å². The maximum absolute atomic E-state index is 12.4. The molecular weight excluding hydrogens is 362 g/mol. The van der Waals surface area contributed by atoms with Crippen LogP contribution in [0.25, 0.3) is 0 Å². The number of ether oxygens (including phenoxy) is 1. The number of rotatable bonds is 6. The monoisotopic (exact) mass is 389 g/mol. The van der Waals surface area contributed by atoms with Crippen LogP contribution in [0, 0.1) is 19.8 Å². The smallest absolute Gasteiger partial charge is 0.270 e. The summed E-state index contributed by atoms with van der Waals surface area (Å²) in [7, 11) is 0. The molecule has 0 spiro atoms. The Labute approximate surface area is 163 Å². The number of morpholine rings is 1. The summed E-state index contributed by atoms with van der Waals surface area (Å²) in [4.78, 5) is 19.3. The fraction of sp³-hybridized carbons (Fsp3) is 0.632. The minimum atomic E-state index is -0.126. The van der Waals surface area contributed by atoms with Gasteiger partial charge >= 0.3 is 0 Å². The predicted octanol–water partition coefficient (Wildman–Crippen LogP) is 2.39. The molecule has 146 valence electrons. The number of anilines is 1. The third kappa shape index (κ3) is 4.32. The molecule has 2 unspecified atom stereocenters. The minimum absolute atomic E-state index is 0.126. The summed E-state index contributed by atoms with van der Waals surface area (Å²) in [5.74, 6) is 0.575. The molecule has 0 radical (unpaired) electrons. The average molecular weight is 390 g/mol. The molecule has 2 aliphatic rings. The van der Waals surface area contributed by atoms with E-state index in [0.717, 1.165) is 29.6 Å². The SMILES string of the molecule is Cc1cc(C)n(CCNC(=O)c2csc(N3CC(C)OC(C4CC4)C3)n2)n1. The van der Waals surface area contributed by atoms with Crippen molar-refractivity contribution in [3.05, 3.63) is 28.5 Å². The van der Waals surface area contributed by atoms with E-state index in [2.05, 4.69) is 27.2 Å². The molecule has 2 aromatic heterocycles. The van der Waals surface area contributed by atoms with Gasteiger partial charge in [-0.25, -0.2) is 4.98 Å². The molecule has 1 amide bonds. The highest BCUT2D eigenvalue weighted by Crippen LogP contribution is 2.37. The van der Waals surface area contributed by atoms with Gasteiger partial charge in [0.1, 0.15) is 5.69 Å². The van der Waals surface area contributed by atoms with Gasteiger partial charge in [0.25, 0.3) is 5.91 Å². The molecule has 1 saturated heterocycles. The van der Waals surface area contributed by atoms with Gasteiger partial charge in [-0.3, -0.25) is 9.48 Å². The van der Waals surface area contributed by atoms with Crippen LogP contribution in [-0.4, -0.2) is 52.5 Å². The predicted molar refractivity (Wildman–Crippen MR) is 105 cm³/mol. The first kappa shape index (κ1) is 18.4. The highest BCUT2D eigenvalue weighted by atomic mass is 32.1. The summed E-state index contributed by atoms with van der Waals surface area (Å²) in [6.07, 6.45) is 3.04. The average Bonchev–Trinajstić information content (AvgIpc) is 3.27. The second-order valence-electron chi connectivity index (χ2n) is 7.65. The summed E-state index contributed by atoms with van der Waals surface area (Å²) in [6.45, 7) is 9.00. The fourth-order valence-electron chi connectivity index (χ4n) is 3.65. The Hall–Kier alpha value is -1.93. The van der Waals surface area contributed by atoms with Gasteiger partial charge in [-0.2, -0.15) is 5.10 Å². The lowest BCUT2D eigenvalue weighted by molar-refractivity contribution is -0.0271. The van der Waals surface area contributed by atoms with E-state index in [-0.39, 0.29) is 12.0 Å². The van der Waals surface area contributed by atoms with Gasteiger partial charge < -0.3 is 15.0 Å². The van der Waals surface area contributed by atoms with E-state index in [9.17, 15) is 4.79 Å². The molecule has 1 N–H and O–H groups in total. The first-order valence-corrected chi connectivity index (χ1v) is 10.5.